The van der Waals surface area contributed by atoms with Crippen molar-refractivity contribution in [1.82, 2.24) is 15.5 Å². The first-order valence-electron chi connectivity index (χ1n) is 9.44. The lowest BCUT2D eigenvalue weighted by molar-refractivity contribution is -0.120. The first-order valence-corrected chi connectivity index (χ1v) is 9.44. The first kappa shape index (κ1) is 20.2. The number of nitrogens with zero attached hydrogens (tertiary/aromatic N) is 1. The molecule has 6 nitrogen and oxygen atoms in total. The fourth-order valence-electron chi connectivity index (χ4n) is 3.64. The number of likely N-dealkylation sites (tertiary alicyclic amines) is 1. The number of hydrogen-bond acceptors (Lipinski definition) is 4. The molecule has 0 radical (unpaired) electrons. The summed E-state index contributed by atoms with van der Waals surface area (Å²) in [6, 6.07) is 8.20. The summed E-state index contributed by atoms with van der Waals surface area (Å²) in [4.78, 5) is 25.7. The van der Waals surface area contributed by atoms with Crippen LogP contribution in [0.25, 0.3) is 0 Å². The summed E-state index contributed by atoms with van der Waals surface area (Å²) in [6.07, 6.45) is 0.721. The number of piperidine rings is 1. The Hall–Kier alpha value is -2.08. The zero-order valence-electron chi connectivity index (χ0n) is 16.1. The minimum Gasteiger partial charge on any atom is -0.450 e. The van der Waals surface area contributed by atoms with Crippen LogP contribution in [0.15, 0.2) is 24.3 Å². The molecule has 2 N–H and O–H groups in total. The summed E-state index contributed by atoms with van der Waals surface area (Å²) in [6.45, 7) is 10.1. The second-order valence-electron chi connectivity index (χ2n) is 7.26. The minimum atomic E-state index is -0.573. The highest BCUT2D eigenvalue weighted by molar-refractivity contribution is 5.82. The van der Waals surface area contributed by atoms with Crippen molar-refractivity contribution in [2.45, 2.75) is 40.3 Å². The van der Waals surface area contributed by atoms with Crippen LogP contribution in [0.2, 0.25) is 0 Å². The molecule has 1 fully saturated rings. The van der Waals surface area contributed by atoms with E-state index in [0.717, 1.165) is 37.0 Å². The minimum absolute atomic E-state index is 0.0812. The number of nitrogens with one attached hydrogen (secondary N) is 2. The molecule has 144 valence electrons. The molecule has 1 aliphatic rings. The van der Waals surface area contributed by atoms with Gasteiger partial charge in [0.25, 0.3) is 0 Å². The van der Waals surface area contributed by atoms with Gasteiger partial charge < -0.3 is 15.4 Å². The van der Waals surface area contributed by atoms with E-state index in [1.807, 2.05) is 18.2 Å². The van der Waals surface area contributed by atoms with Crippen LogP contribution in [0.1, 0.15) is 38.3 Å². The van der Waals surface area contributed by atoms with Gasteiger partial charge in [-0.1, -0.05) is 38.1 Å². The van der Waals surface area contributed by atoms with Gasteiger partial charge in [0.05, 0.1) is 6.61 Å². The molecule has 0 bridgehead atoms. The summed E-state index contributed by atoms with van der Waals surface area (Å²) in [5.41, 5.74) is 2.36. The molecule has 2 atom stereocenters. The maximum Gasteiger partial charge on any atom is 0.407 e. The molecule has 1 saturated heterocycles. The van der Waals surface area contributed by atoms with Crippen LogP contribution in [0.5, 0.6) is 0 Å². The van der Waals surface area contributed by atoms with E-state index in [9.17, 15) is 9.59 Å². The Morgan fingerprint density at radius 3 is 2.42 bits per heavy atom. The molecule has 1 heterocycles. The van der Waals surface area contributed by atoms with Crippen molar-refractivity contribution in [1.29, 1.82) is 0 Å². The molecule has 0 spiro atoms. The summed E-state index contributed by atoms with van der Waals surface area (Å²) in [7, 11) is 0. The Morgan fingerprint density at radius 2 is 1.77 bits per heavy atom. The van der Waals surface area contributed by atoms with Gasteiger partial charge in [0.2, 0.25) is 5.91 Å². The molecular weight excluding hydrogens is 330 g/mol. The molecule has 0 aromatic heterocycles. The lowest BCUT2D eigenvalue weighted by Crippen LogP contribution is -2.39. The highest BCUT2D eigenvalue weighted by Gasteiger charge is 2.22. The van der Waals surface area contributed by atoms with Gasteiger partial charge in [-0.2, -0.15) is 0 Å². The topological polar surface area (TPSA) is 70.7 Å². The smallest absolute Gasteiger partial charge is 0.407 e. The van der Waals surface area contributed by atoms with E-state index in [1.54, 1.807) is 6.92 Å². The maximum absolute atomic E-state index is 11.9. The highest BCUT2D eigenvalue weighted by Crippen LogP contribution is 2.23. The highest BCUT2D eigenvalue weighted by atomic mass is 16.5. The summed E-state index contributed by atoms with van der Waals surface area (Å²) < 4.78 is 4.74. The number of carbonyl (C=O) groups excluding carboxylic acids is 2. The fraction of sp³-hybridized carbons (Fsp3) is 0.600. The van der Waals surface area contributed by atoms with Crippen LogP contribution < -0.4 is 10.6 Å². The Kier molecular flexibility index (Phi) is 7.91. The molecule has 2 unspecified atom stereocenters. The van der Waals surface area contributed by atoms with Crippen molar-refractivity contribution in [2.24, 2.45) is 11.8 Å². The number of rotatable bonds is 7. The Morgan fingerprint density at radius 1 is 1.12 bits per heavy atom. The van der Waals surface area contributed by atoms with Crippen LogP contribution in [0, 0.1) is 11.8 Å². The second-order valence-corrected chi connectivity index (χ2v) is 7.26. The van der Waals surface area contributed by atoms with Gasteiger partial charge in [-0.05, 0) is 36.3 Å². The van der Waals surface area contributed by atoms with E-state index in [0.29, 0.717) is 6.54 Å². The van der Waals surface area contributed by atoms with Gasteiger partial charge in [-0.25, -0.2) is 4.79 Å². The Balaban J connectivity index is 1.86. The zero-order valence-corrected chi connectivity index (χ0v) is 16.1. The number of carbonyl (C=O) groups is 2. The molecule has 0 saturated carbocycles. The number of benzene rings is 1. The average molecular weight is 361 g/mol. The van der Waals surface area contributed by atoms with Crippen LogP contribution in [0.3, 0.4) is 0 Å². The van der Waals surface area contributed by atoms with E-state index >= 15 is 0 Å². The van der Waals surface area contributed by atoms with Crippen LogP contribution in [-0.4, -0.2) is 43.1 Å². The van der Waals surface area contributed by atoms with Crippen LogP contribution >= 0.6 is 0 Å². The molecule has 26 heavy (non-hydrogen) atoms. The maximum atomic E-state index is 11.9. The van der Waals surface area contributed by atoms with Crippen molar-refractivity contribution in [3.05, 3.63) is 35.4 Å². The number of ether oxygens (including phenoxy) is 1. The van der Waals surface area contributed by atoms with Gasteiger partial charge in [0, 0.05) is 26.2 Å². The van der Waals surface area contributed by atoms with Crippen LogP contribution in [-0.2, 0) is 22.6 Å². The van der Waals surface area contributed by atoms with E-state index in [-0.39, 0.29) is 19.1 Å². The molecule has 0 aliphatic carbocycles. The van der Waals surface area contributed by atoms with Crippen molar-refractivity contribution >= 4 is 12.0 Å². The monoisotopic (exact) mass is 361 g/mol. The van der Waals surface area contributed by atoms with Crippen LogP contribution in [0.4, 0.5) is 4.79 Å². The third-order valence-electron chi connectivity index (χ3n) is 4.60. The molecule has 2 rings (SSSR count). The summed E-state index contributed by atoms with van der Waals surface area (Å²) in [5.74, 6) is 1.22. The van der Waals surface area contributed by atoms with Gasteiger partial charge in [0.1, 0.15) is 6.54 Å². The molecule has 2 amide bonds. The average Bonchev–Trinajstić information content (AvgIpc) is 2.58. The summed E-state index contributed by atoms with van der Waals surface area (Å²) >= 11 is 0. The van der Waals surface area contributed by atoms with Gasteiger partial charge in [-0.3, -0.25) is 9.69 Å². The fourth-order valence-corrected chi connectivity index (χ4v) is 3.64. The molecule has 6 heteroatoms. The van der Waals surface area contributed by atoms with E-state index in [2.05, 4.69) is 35.4 Å². The Bertz CT molecular complexity index is 596. The Labute approximate surface area is 156 Å². The van der Waals surface area contributed by atoms with E-state index in [1.165, 1.54) is 12.0 Å². The largest absolute Gasteiger partial charge is 0.450 e. The first-order chi connectivity index (χ1) is 12.5. The molecular formula is C20H31N3O3. The number of amides is 2. The second kappa shape index (κ2) is 10.2. The number of hydrogen-bond donors (Lipinski definition) is 2. The lowest BCUT2D eigenvalue weighted by Gasteiger charge is -2.35. The SMILES string of the molecule is CCOC(=O)NCC(=O)NCc1ccccc1CN1CC(C)CC(C)C1. The van der Waals surface area contributed by atoms with Gasteiger partial charge in [-0.15, -0.1) is 0 Å². The molecule has 1 aromatic rings. The third-order valence-corrected chi connectivity index (χ3v) is 4.60. The van der Waals surface area contributed by atoms with Crippen molar-refractivity contribution in [3.8, 4) is 0 Å². The lowest BCUT2D eigenvalue weighted by atomic mass is 9.91. The molecule has 1 aromatic carbocycles. The summed E-state index contributed by atoms with van der Waals surface area (Å²) in [5, 5.41) is 5.29. The van der Waals surface area contributed by atoms with Crippen molar-refractivity contribution in [3.63, 3.8) is 0 Å². The van der Waals surface area contributed by atoms with Gasteiger partial charge in [0.15, 0.2) is 0 Å². The zero-order chi connectivity index (χ0) is 18.9. The standard InChI is InChI=1S/C20H31N3O3/c1-4-26-20(25)22-11-19(24)21-10-17-7-5-6-8-18(17)14-23-12-15(2)9-16(3)13-23/h5-8,15-16H,4,9-14H2,1-3H3,(H,21,24)(H,22,25). The predicted octanol–water partition coefficient (Wildman–Crippen LogP) is 2.53. The third kappa shape index (κ3) is 6.67. The van der Waals surface area contributed by atoms with E-state index in [4.69, 9.17) is 4.74 Å². The number of alkyl carbamates (subject to hydrolysis) is 1. The predicted molar refractivity (Wildman–Crippen MR) is 102 cm³/mol. The molecule has 1 aliphatic heterocycles. The normalized spacial score (nSPS) is 20.4. The van der Waals surface area contributed by atoms with Crippen molar-refractivity contribution < 1.29 is 14.3 Å². The van der Waals surface area contributed by atoms with E-state index < -0.39 is 6.09 Å². The quantitative estimate of drug-likeness (QED) is 0.783. The van der Waals surface area contributed by atoms with Gasteiger partial charge >= 0.3 is 6.09 Å². The van der Waals surface area contributed by atoms with Crippen molar-refractivity contribution in [2.75, 3.05) is 26.2 Å².